The van der Waals surface area contributed by atoms with E-state index in [0.29, 0.717) is 12.8 Å². The largest absolute Gasteiger partial charge is 0.469 e. The van der Waals surface area contributed by atoms with Gasteiger partial charge in [-0.2, -0.15) is 5.10 Å². The van der Waals surface area contributed by atoms with Crippen molar-refractivity contribution in [2.75, 3.05) is 0 Å². The Kier molecular flexibility index (Phi) is 2.90. The summed E-state index contributed by atoms with van der Waals surface area (Å²) in [6.07, 6.45) is 2.64. The number of furan rings is 1. The molecule has 84 valence electrons. The molecule has 2 heterocycles. The summed E-state index contributed by atoms with van der Waals surface area (Å²) in [7, 11) is 0. The molecule has 0 fully saturated rings. The molecule has 2 rings (SSSR count). The fraction of sp³-hybridized carbons (Fsp3) is 0.333. The lowest BCUT2D eigenvalue weighted by molar-refractivity contribution is 0.0882. The Balaban J connectivity index is 2.01. The molecule has 2 aromatic rings. The minimum Gasteiger partial charge on any atom is -0.469 e. The second kappa shape index (κ2) is 4.35. The lowest BCUT2D eigenvalue weighted by Gasteiger charge is -2.01. The number of aryl methyl sites for hydroxylation is 3. The van der Waals surface area contributed by atoms with E-state index in [1.165, 1.54) is 4.68 Å². The second-order valence-electron chi connectivity index (χ2n) is 3.81. The average molecular weight is 218 g/mol. The van der Waals surface area contributed by atoms with Gasteiger partial charge in [-0.15, -0.1) is 0 Å². The van der Waals surface area contributed by atoms with Crippen LogP contribution in [-0.2, 0) is 6.42 Å². The van der Waals surface area contributed by atoms with Crippen LogP contribution < -0.4 is 0 Å². The predicted octanol–water partition coefficient (Wildman–Crippen LogP) is 2.37. The van der Waals surface area contributed by atoms with Crippen molar-refractivity contribution in [3.05, 3.63) is 41.6 Å². The highest BCUT2D eigenvalue weighted by molar-refractivity contribution is 5.78. The van der Waals surface area contributed by atoms with Gasteiger partial charge in [0.2, 0.25) is 5.91 Å². The third-order valence-corrected chi connectivity index (χ3v) is 2.41. The van der Waals surface area contributed by atoms with Crippen molar-refractivity contribution >= 4 is 5.91 Å². The van der Waals surface area contributed by atoms with Gasteiger partial charge in [0, 0.05) is 18.5 Å². The SMILES string of the molecule is Cc1cc(C)n(C(=O)CCc2ccco2)n1. The van der Waals surface area contributed by atoms with Crippen LogP contribution in [0.2, 0.25) is 0 Å². The molecule has 0 aliphatic rings. The molecule has 4 nitrogen and oxygen atoms in total. The Labute approximate surface area is 93.9 Å². The van der Waals surface area contributed by atoms with Crippen molar-refractivity contribution in [3.8, 4) is 0 Å². The molecule has 0 aromatic carbocycles. The molecule has 0 saturated carbocycles. The molecule has 0 bridgehead atoms. The first-order valence-corrected chi connectivity index (χ1v) is 5.25. The van der Waals surface area contributed by atoms with Gasteiger partial charge in [0.1, 0.15) is 5.76 Å². The van der Waals surface area contributed by atoms with E-state index in [0.717, 1.165) is 17.1 Å². The molecular formula is C12H14N2O2. The topological polar surface area (TPSA) is 48.0 Å². The lowest BCUT2D eigenvalue weighted by atomic mass is 10.2. The first kappa shape index (κ1) is 10.7. The van der Waals surface area contributed by atoms with Gasteiger partial charge in [-0.05, 0) is 32.0 Å². The van der Waals surface area contributed by atoms with E-state index in [-0.39, 0.29) is 5.91 Å². The minimum absolute atomic E-state index is 0.00185. The van der Waals surface area contributed by atoms with Crippen molar-refractivity contribution < 1.29 is 9.21 Å². The molecule has 0 atom stereocenters. The van der Waals surface area contributed by atoms with Gasteiger partial charge in [0.15, 0.2) is 0 Å². The smallest absolute Gasteiger partial charge is 0.247 e. The van der Waals surface area contributed by atoms with E-state index in [9.17, 15) is 4.79 Å². The molecule has 2 aromatic heterocycles. The van der Waals surface area contributed by atoms with Crippen molar-refractivity contribution in [1.82, 2.24) is 9.78 Å². The van der Waals surface area contributed by atoms with Crippen molar-refractivity contribution in [1.29, 1.82) is 0 Å². The quantitative estimate of drug-likeness (QED) is 0.794. The maximum atomic E-state index is 11.8. The summed E-state index contributed by atoms with van der Waals surface area (Å²) in [6, 6.07) is 5.59. The first-order valence-electron chi connectivity index (χ1n) is 5.25. The molecular weight excluding hydrogens is 204 g/mol. The molecule has 0 N–H and O–H groups in total. The fourth-order valence-corrected chi connectivity index (χ4v) is 1.67. The van der Waals surface area contributed by atoms with Crippen LogP contribution in [0.25, 0.3) is 0 Å². The third-order valence-electron chi connectivity index (χ3n) is 2.41. The summed E-state index contributed by atoms with van der Waals surface area (Å²) in [5, 5.41) is 4.15. The van der Waals surface area contributed by atoms with Crippen LogP contribution in [0.5, 0.6) is 0 Å². The highest BCUT2D eigenvalue weighted by Gasteiger charge is 2.10. The normalized spacial score (nSPS) is 10.6. The van der Waals surface area contributed by atoms with Gasteiger partial charge in [0.05, 0.1) is 12.0 Å². The highest BCUT2D eigenvalue weighted by atomic mass is 16.3. The maximum Gasteiger partial charge on any atom is 0.247 e. The molecule has 0 aliphatic heterocycles. The number of hydrogen-bond donors (Lipinski definition) is 0. The van der Waals surface area contributed by atoms with Gasteiger partial charge in [0.25, 0.3) is 0 Å². The van der Waals surface area contributed by atoms with E-state index < -0.39 is 0 Å². The third kappa shape index (κ3) is 2.21. The number of hydrogen-bond acceptors (Lipinski definition) is 3. The second-order valence-corrected chi connectivity index (χ2v) is 3.81. The monoisotopic (exact) mass is 218 g/mol. The molecule has 0 unspecified atom stereocenters. The van der Waals surface area contributed by atoms with E-state index in [1.54, 1.807) is 6.26 Å². The zero-order valence-electron chi connectivity index (χ0n) is 9.43. The summed E-state index contributed by atoms with van der Waals surface area (Å²) < 4.78 is 6.63. The minimum atomic E-state index is 0.00185. The summed E-state index contributed by atoms with van der Waals surface area (Å²) in [6.45, 7) is 3.76. The van der Waals surface area contributed by atoms with Crippen LogP contribution in [-0.4, -0.2) is 15.7 Å². The Morgan fingerprint density at radius 1 is 1.50 bits per heavy atom. The number of aromatic nitrogens is 2. The Bertz CT molecular complexity index is 483. The van der Waals surface area contributed by atoms with E-state index in [1.807, 2.05) is 32.0 Å². The Morgan fingerprint density at radius 2 is 2.31 bits per heavy atom. The maximum absolute atomic E-state index is 11.8. The van der Waals surface area contributed by atoms with Crippen molar-refractivity contribution in [2.24, 2.45) is 0 Å². The van der Waals surface area contributed by atoms with Crippen LogP contribution in [0, 0.1) is 13.8 Å². The number of carbonyl (C=O) groups excluding carboxylic acids is 1. The molecule has 0 radical (unpaired) electrons. The summed E-state index contributed by atoms with van der Waals surface area (Å²) in [5.41, 5.74) is 1.74. The molecule has 0 aliphatic carbocycles. The van der Waals surface area contributed by atoms with Crippen LogP contribution in [0.3, 0.4) is 0 Å². The van der Waals surface area contributed by atoms with Crippen molar-refractivity contribution in [3.63, 3.8) is 0 Å². The van der Waals surface area contributed by atoms with Gasteiger partial charge >= 0.3 is 0 Å². The van der Waals surface area contributed by atoms with E-state index in [2.05, 4.69) is 5.10 Å². The fourth-order valence-electron chi connectivity index (χ4n) is 1.67. The molecule has 0 amide bonds. The van der Waals surface area contributed by atoms with Crippen LogP contribution >= 0.6 is 0 Å². The van der Waals surface area contributed by atoms with Gasteiger partial charge in [-0.3, -0.25) is 4.79 Å². The Morgan fingerprint density at radius 3 is 2.88 bits per heavy atom. The van der Waals surface area contributed by atoms with Crippen LogP contribution in [0.1, 0.15) is 28.4 Å². The summed E-state index contributed by atoms with van der Waals surface area (Å²) >= 11 is 0. The standard InChI is InChI=1S/C12H14N2O2/c1-9-8-10(2)14(13-9)12(15)6-5-11-4-3-7-16-11/h3-4,7-8H,5-6H2,1-2H3. The number of rotatable bonds is 3. The van der Waals surface area contributed by atoms with Gasteiger partial charge in [-0.1, -0.05) is 0 Å². The predicted molar refractivity (Wildman–Crippen MR) is 59.4 cm³/mol. The zero-order valence-corrected chi connectivity index (χ0v) is 9.43. The number of carbonyl (C=O) groups is 1. The van der Waals surface area contributed by atoms with Gasteiger partial charge < -0.3 is 4.42 Å². The van der Waals surface area contributed by atoms with Gasteiger partial charge in [-0.25, -0.2) is 4.68 Å². The van der Waals surface area contributed by atoms with Crippen molar-refractivity contribution in [2.45, 2.75) is 26.7 Å². The average Bonchev–Trinajstić information content (AvgIpc) is 2.84. The number of nitrogens with zero attached hydrogens (tertiary/aromatic N) is 2. The lowest BCUT2D eigenvalue weighted by Crippen LogP contribution is -2.14. The Hall–Kier alpha value is -1.84. The zero-order chi connectivity index (χ0) is 11.5. The summed E-state index contributed by atoms with van der Waals surface area (Å²) in [5.74, 6) is 0.830. The first-order chi connectivity index (χ1) is 7.66. The van der Waals surface area contributed by atoms with Crippen LogP contribution in [0.4, 0.5) is 0 Å². The molecule has 0 spiro atoms. The van der Waals surface area contributed by atoms with E-state index in [4.69, 9.17) is 4.42 Å². The summed E-state index contributed by atoms with van der Waals surface area (Å²) in [4.78, 5) is 11.8. The highest BCUT2D eigenvalue weighted by Crippen LogP contribution is 2.07. The molecule has 16 heavy (non-hydrogen) atoms. The molecule has 0 saturated heterocycles. The molecule has 4 heteroatoms. The van der Waals surface area contributed by atoms with Crippen LogP contribution in [0.15, 0.2) is 28.9 Å². The van der Waals surface area contributed by atoms with E-state index >= 15 is 0 Å².